The molecule has 0 bridgehead atoms. The average molecular weight is 421 g/mol. The predicted molar refractivity (Wildman–Crippen MR) is 102 cm³/mol. The van der Waals surface area contributed by atoms with Crippen LogP contribution >= 0.6 is 11.8 Å². The molecule has 8 nitrogen and oxygen atoms in total. The van der Waals surface area contributed by atoms with E-state index in [0.717, 1.165) is 0 Å². The highest BCUT2D eigenvalue weighted by Gasteiger charge is 2.28. The fourth-order valence-corrected chi connectivity index (χ4v) is 3.63. The second-order valence-electron chi connectivity index (χ2n) is 6.40. The first-order valence-electron chi connectivity index (χ1n) is 8.79. The minimum absolute atomic E-state index is 0.203. The van der Waals surface area contributed by atoms with Gasteiger partial charge in [0.25, 0.3) is 6.43 Å². The van der Waals surface area contributed by atoms with E-state index >= 15 is 0 Å². The van der Waals surface area contributed by atoms with Crippen LogP contribution in [0.5, 0.6) is 5.88 Å². The van der Waals surface area contributed by atoms with Crippen LogP contribution in [0.1, 0.15) is 18.7 Å². The van der Waals surface area contributed by atoms with Crippen LogP contribution < -0.4 is 4.74 Å². The van der Waals surface area contributed by atoms with Crippen molar-refractivity contribution in [3.05, 3.63) is 36.2 Å². The Hall–Kier alpha value is -2.95. The summed E-state index contributed by atoms with van der Waals surface area (Å²) >= 11 is 1.25. The number of alkyl halides is 2. The number of ether oxygens (including phenoxy) is 1. The molecule has 4 rings (SSSR count). The molecule has 0 aliphatic carbocycles. The maximum Gasteiger partial charge on any atom is 0.407 e. The summed E-state index contributed by atoms with van der Waals surface area (Å²) in [5, 5.41) is 9.44. The zero-order valence-corrected chi connectivity index (χ0v) is 16.1. The van der Waals surface area contributed by atoms with Gasteiger partial charge in [-0.2, -0.15) is 4.98 Å². The number of hydrogen-bond donors (Lipinski definition) is 1. The van der Waals surface area contributed by atoms with E-state index in [0.29, 0.717) is 29.2 Å². The highest BCUT2D eigenvalue weighted by molar-refractivity contribution is 7.98. The molecule has 11 heteroatoms. The molecule has 152 valence electrons. The average Bonchev–Trinajstić information content (AvgIpc) is 3.32. The fraction of sp³-hybridized carbons (Fsp3) is 0.333. The van der Waals surface area contributed by atoms with Crippen molar-refractivity contribution in [1.29, 1.82) is 0 Å². The quantitative estimate of drug-likeness (QED) is 0.497. The maximum atomic E-state index is 13.7. The molecule has 1 atom stereocenters. The summed E-state index contributed by atoms with van der Waals surface area (Å²) in [4.78, 5) is 25.1. The number of amides is 1. The summed E-state index contributed by atoms with van der Waals surface area (Å²) in [7, 11) is 0. The number of thioether (sulfide) groups is 1. The molecular weight excluding hydrogens is 404 g/mol. The van der Waals surface area contributed by atoms with Crippen molar-refractivity contribution in [3.8, 4) is 11.7 Å². The Labute approximate surface area is 168 Å². The molecule has 1 N–H and O–H groups in total. The summed E-state index contributed by atoms with van der Waals surface area (Å²) in [5.74, 6) is 0.00634. The number of carbonyl (C=O) groups is 1. The number of aromatic nitrogens is 4. The van der Waals surface area contributed by atoms with Gasteiger partial charge >= 0.3 is 6.09 Å². The molecule has 1 aromatic carbocycles. The largest absolute Gasteiger partial charge is 0.472 e. The third-order valence-corrected chi connectivity index (χ3v) is 5.11. The van der Waals surface area contributed by atoms with E-state index in [-0.39, 0.29) is 24.3 Å². The van der Waals surface area contributed by atoms with Crippen LogP contribution in [0.3, 0.4) is 0 Å². The predicted octanol–water partition coefficient (Wildman–Crippen LogP) is 3.61. The second kappa shape index (κ2) is 7.82. The van der Waals surface area contributed by atoms with Gasteiger partial charge in [0.1, 0.15) is 11.9 Å². The molecule has 2 aromatic heterocycles. The van der Waals surface area contributed by atoms with Crippen LogP contribution in [0.15, 0.2) is 35.5 Å². The molecular formula is C18H17F2N5O3S. The van der Waals surface area contributed by atoms with Gasteiger partial charge < -0.3 is 14.7 Å². The Morgan fingerprint density at radius 1 is 1.31 bits per heavy atom. The van der Waals surface area contributed by atoms with E-state index in [2.05, 4.69) is 15.0 Å². The van der Waals surface area contributed by atoms with Crippen molar-refractivity contribution in [2.75, 3.05) is 19.3 Å². The van der Waals surface area contributed by atoms with Crippen molar-refractivity contribution in [3.63, 3.8) is 0 Å². The van der Waals surface area contributed by atoms with E-state index in [1.165, 1.54) is 27.3 Å². The van der Waals surface area contributed by atoms with Gasteiger partial charge in [-0.3, -0.25) is 4.57 Å². The number of nitrogens with zero attached hydrogens (tertiary/aromatic N) is 5. The lowest BCUT2D eigenvalue weighted by Gasteiger charge is -2.15. The Kier molecular flexibility index (Phi) is 5.22. The van der Waals surface area contributed by atoms with Gasteiger partial charge in [-0.1, -0.05) is 23.9 Å². The number of para-hydroxylation sites is 2. The lowest BCUT2D eigenvalue weighted by Crippen LogP contribution is -2.29. The Bertz CT molecular complexity index is 1060. The number of halogens is 2. The molecule has 0 spiro atoms. The van der Waals surface area contributed by atoms with Crippen LogP contribution in [0, 0.1) is 0 Å². The summed E-state index contributed by atoms with van der Waals surface area (Å²) < 4.78 is 34.5. The second-order valence-corrected chi connectivity index (χ2v) is 7.18. The fourth-order valence-electron chi connectivity index (χ4n) is 3.26. The highest BCUT2D eigenvalue weighted by Crippen LogP contribution is 2.29. The van der Waals surface area contributed by atoms with Gasteiger partial charge in [0, 0.05) is 19.0 Å². The van der Waals surface area contributed by atoms with E-state index in [1.807, 2.05) is 0 Å². The lowest BCUT2D eigenvalue weighted by molar-refractivity contribution is 0.139. The number of hydrogen-bond acceptors (Lipinski definition) is 6. The van der Waals surface area contributed by atoms with Gasteiger partial charge in [0.15, 0.2) is 11.0 Å². The van der Waals surface area contributed by atoms with Crippen molar-refractivity contribution in [2.45, 2.75) is 24.1 Å². The van der Waals surface area contributed by atoms with Gasteiger partial charge in [-0.15, -0.1) is 0 Å². The number of benzene rings is 1. The van der Waals surface area contributed by atoms with Crippen LogP contribution in [-0.2, 0) is 0 Å². The number of likely N-dealkylation sites (tertiary alicyclic amines) is 1. The van der Waals surface area contributed by atoms with Crippen molar-refractivity contribution >= 4 is 28.9 Å². The molecule has 1 aliphatic heterocycles. The third-order valence-electron chi connectivity index (χ3n) is 4.57. The standard InChI is InChI=1S/C18H17F2N5O3S/c1-29-17-22-13(8-14(23-17)28-10-6-7-24(9-10)18(26)27)25-12-5-3-2-4-11(12)21-16(25)15(19)20/h2-5,8,10,15H,6-7,9H2,1H3,(H,26,27)/t10-/m0/s1. The summed E-state index contributed by atoms with van der Waals surface area (Å²) in [6.45, 7) is 0.592. The van der Waals surface area contributed by atoms with E-state index in [1.54, 1.807) is 30.5 Å². The molecule has 1 saturated heterocycles. The van der Waals surface area contributed by atoms with E-state index in [4.69, 9.17) is 9.84 Å². The van der Waals surface area contributed by atoms with Crippen molar-refractivity contribution in [1.82, 2.24) is 24.4 Å². The summed E-state index contributed by atoms with van der Waals surface area (Å²) in [6.07, 6.45) is -1.87. The van der Waals surface area contributed by atoms with Crippen LogP contribution in [0.25, 0.3) is 16.9 Å². The monoisotopic (exact) mass is 421 g/mol. The Morgan fingerprint density at radius 3 is 2.79 bits per heavy atom. The smallest absolute Gasteiger partial charge is 0.407 e. The normalized spacial score (nSPS) is 16.7. The maximum absolute atomic E-state index is 13.7. The van der Waals surface area contributed by atoms with Gasteiger partial charge in [-0.25, -0.2) is 23.5 Å². The van der Waals surface area contributed by atoms with Crippen LogP contribution in [-0.4, -0.2) is 61.1 Å². The minimum atomic E-state index is -2.79. The molecule has 1 amide bonds. The first kappa shape index (κ1) is 19.4. The zero-order valence-electron chi connectivity index (χ0n) is 15.3. The number of rotatable bonds is 5. The van der Waals surface area contributed by atoms with Gasteiger partial charge in [-0.05, 0) is 18.4 Å². The molecule has 1 aliphatic rings. The Morgan fingerprint density at radius 2 is 2.10 bits per heavy atom. The molecule has 1 fully saturated rings. The summed E-state index contributed by atoms with van der Waals surface area (Å²) in [5.41, 5.74) is 0.930. The van der Waals surface area contributed by atoms with E-state index in [9.17, 15) is 13.6 Å². The number of fused-ring (bicyclic) bond motifs is 1. The first-order valence-corrected chi connectivity index (χ1v) is 10.0. The Balaban J connectivity index is 1.74. The molecule has 29 heavy (non-hydrogen) atoms. The van der Waals surface area contributed by atoms with E-state index < -0.39 is 18.3 Å². The third kappa shape index (κ3) is 3.82. The molecule has 3 heterocycles. The lowest BCUT2D eigenvalue weighted by atomic mass is 10.3. The molecule has 0 unspecified atom stereocenters. The topological polar surface area (TPSA) is 93.4 Å². The van der Waals surface area contributed by atoms with Gasteiger partial charge in [0.05, 0.1) is 17.6 Å². The van der Waals surface area contributed by atoms with Crippen LogP contribution in [0.2, 0.25) is 0 Å². The number of carboxylic acid groups (broad SMARTS) is 1. The first-order chi connectivity index (χ1) is 14.0. The minimum Gasteiger partial charge on any atom is -0.472 e. The van der Waals surface area contributed by atoms with Gasteiger partial charge in [0.2, 0.25) is 5.88 Å². The van der Waals surface area contributed by atoms with Crippen molar-refractivity contribution in [2.24, 2.45) is 0 Å². The summed E-state index contributed by atoms with van der Waals surface area (Å²) in [6, 6.07) is 8.29. The SMILES string of the molecule is CSc1nc(O[C@H]2CCN(C(=O)O)C2)cc(-n2c(C(F)F)nc3ccccc32)n1. The molecule has 0 saturated carbocycles. The van der Waals surface area contributed by atoms with Crippen LogP contribution in [0.4, 0.5) is 13.6 Å². The zero-order chi connectivity index (χ0) is 20.5. The highest BCUT2D eigenvalue weighted by atomic mass is 32.2. The molecule has 0 radical (unpaired) electrons. The molecule has 3 aromatic rings. The van der Waals surface area contributed by atoms with Crippen molar-refractivity contribution < 1.29 is 23.4 Å². The number of imidazole rings is 1.